The minimum atomic E-state index is -4.36. The highest BCUT2D eigenvalue weighted by molar-refractivity contribution is 7.09. The number of aromatic nitrogens is 1. The Kier molecular flexibility index (Phi) is 6.04. The number of halogens is 3. The molecule has 2 amide bonds. The lowest BCUT2D eigenvalue weighted by atomic mass is 10.1. The molecule has 0 radical (unpaired) electrons. The van der Waals surface area contributed by atoms with Gasteiger partial charge in [-0.15, -0.1) is 11.3 Å². The summed E-state index contributed by atoms with van der Waals surface area (Å²) in [5.74, 6) is 5.39. The van der Waals surface area contributed by atoms with Crippen molar-refractivity contribution < 1.29 is 18.0 Å². The Hall–Kier alpha value is -2.53. The van der Waals surface area contributed by atoms with Gasteiger partial charge in [-0.05, 0) is 38.1 Å². The fourth-order valence-electron chi connectivity index (χ4n) is 1.89. The van der Waals surface area contributed by atoms with E-state index < -0.39 is 11.7 Å². The van der Waals surface area contributed by atoms with Gasteiger partial charge in [0.15, 0.2) is 0 Å². The van der Waals surface area contributed by atoms with E-state index in [1.165, 1.54) is 23.5 Å². The van der Waals surface area contributed by atoms with E-state index in [0.717, 1.165) is 22.8 Å². The SMILES string of the molecule is Cc1csc(C(C)NC(=O)NCC#Cc2ccc(C(F)(F)F)cc2)n1. The molecule has 0 fully saturated rings. The van der Waals surface area contributed by atoms with E-state index in [2.05, 4.69) is 27.5 Å². The lowest BCUT2D eigenvalue weighted by molar-refractivity contribution is -0.137. The van der Waals surface area contributed by atoms with Gasteiger partial charge in [-0.25, -0.2) is 9.78 Å². The van der Waals surface area contributed by atoms with Crippen molar-refractivity contribution in [3.05, 3.63) is 51.5 Å². The van der Waals surface area contributed by atoms with Gasteiger partial charge in [0.2, 0.25) is 0 Å². The van der Waals surface area contributed by atoms with Crippen LogP contribution in [-0.2, 0) is 6.18 Å². The molecule has 1 heterocycles. The van der Waals surface area contributed by atoms with Gasteiger partial charge < -0.3 is 10.6 Å². The lowest BCUT2D eigenvalue weighted by Gasteiger charge is -2.11. The molecule has 0 bridgehead atoms. The highest BCUT2D eigenvalue weighted by Crippen LogP contribution is 2.28. The molecule has 2 rings (SSSR count). The summed E-state index contributed by atoms with van der Waals surface area (Å²) in [5.41, 5.74) is 0.625. The number of amides is 2. The molecular weight excluding hydrogens is 351 g/mol. The number of aryl methyl sites for hydroxylation is 1. The van der Waals surface area contributed by atoms with Gasteiger partial charge in [-0.1, -0.05) is 11.8 Å². The largest absolute Gasteiger partial charge is 0.416 e. The van der Waals surface area contributed by atoms with Gasteiger partial charge in [0.25, 0.3) is 0 Å². The molecule has 1 unspecified atom stereocenters. The zero-order valence-electron chi connectivity index (χ0n) is 13.6. The van der Waals surface area contributed by atoms with Crippen LogP contribution >= 0.6 is 11.3 Å². The minimum Gasteiger partial charge on any atom is -0.329 e. The second-order valence-electron chi connectivity index (χ2n) is 5.25. The van der Waals surface area contributed by atoms with Crippen molar-refractivity contribution in [3.63, 3.8) is 0 Å². The second-order valence-corrected chi connectivity index (χ2v) is 6.14. The first-order valence-electron chi connectivity index (χ1n) is 7.38. The molecule has 2 N–H and O–H groups in total. The quantitative estimate of drug-likeness (QED) is 0.809. The molecule has 0 aliphatic carbocycles. The van der Waals surface area contributed by atoms with Gasteiger partial charge in [0, 0.05) is 16.6 Å². The summed E-state index contributed by atoms with van der Waals surface area (Å²) in [6, 6.07) is 3.93. The van der Waals surface area contributed by atoms with Crippen LogP contribution in [0, 0.1) is 18.8 Å². The van der Waals surface area contributed by atoms with E-state index in [1.54, 1.807) is 0 Å². The number of carbonyl (C=O) groups is 1. The monoisotopic (exact) mass is 367 g/mol. The third-order valence-corrected chi connectivity index (χ3v) is 4.28. The molecular formula is C17H16F3N3OS. The van der Waals surface area contributed by atoms with Gasteiger partial charge in [0.05, 0.1) is 18.2 Å². The molecule has 0 saturated carbocycles. The molecule has 132 valence electrons. The van der Waals surface area contributed by atoms with Crippen LogP contribution in [0.15, 0.2) is 29.6 Å². The maximum atomic E-state index is 12.4. The first kappa shape index (κ1) is 18.8. The van der Waals surface area contributed by atoms with E-state index >= 15 is 0 Å². The van der Waals surface area contributed by atoms with Crippen LogP contribution < -0.4 is 10.6 Å². The Labute approximate surface area is 147 Å². The normalized spacial score (nSPS) is 12.0. The first-order valence-corrected chi connectivity index (χ1v) is 8.26. The Balaban J connectivity index is 1.80. The highest BCUT2D eigenvalue weighted by atomic mass is 32.1. The summed E-state index contributed by atoms with van der Waals surface area (Å²) in [6.07, 6.45) is -4.36. The number of rotatable bonds is 3. The third kappa shape index (κ3) is 5.80. The summed E-state index contributed by atoms with van der Waals surface area (Å²) < 4.78 is 37.3. The van der Waals surface area contributed by atoms with E-state index in [0.29, 0.717) is 5.56 Å². The number of hydrogen-bond acceptors (Lipinski definition) is 3. The topological polar surface area (TPSA) is 54.0 Å². The van der Waals surface area contributed by atoms with Crippen molar-refractivity contribution in [2.45, 2.75) is 26.1 Å². The smallest absolute Gasteiger partial charge is 0.329 e. The fraction of sp³-hybridized carbons (Fsp3) is 0.294. The molecule has 4 nitrogen and oxygen atoms in total. The van der Waals surface area contributed by atoms with Gasteiger partial charge in [-0.3, -0.25) is 0 Å². The summed E-state index contributed by atoms with van der Waals surface area (Å²) in [6.45, 7) is 3.78. The van der Waals surface area contributed by atoms with E-state index in [4.69, 9.17) is 0 Å². The van der Waals surface area contributed by atoms with Gasteiger partial charge >= 0.3 is 12.2 Å². The standard InChI is InChI=1S/C17H16F3N3OS/c1-11-10-25-15(22-11)12(2)23-16(24)21-9-3-4-13-5-7-14(8-6-13)17(18,19)20/h5-8,10,12H,9H2,1-2H3,(H2,21,23,24). The molecule has 8 heteroatoms. The Morgan fingerprint density at radius 1 is 1.32 bits per heavy atom. The zero-order chi connectivity index (χ0) is 18.4. The van der Waals surface area contributed by atoms with Crippen LogP contribution in [0.2, 0.25) is 0 Å². The number of nitrogens with one attached hydrogen (secondary N) is 2. The van der Waals surface area contributed by atoms with E-state index in [9.17, 15) is 18.0 Å². The van der Waals surface area contributed by atoms with Crippen molar-refractivity contribution in [1.29, 1.82) is 0 Å². The van der Waals surface area contributed by atoms with Crippen LogP contribution in [0.3, 0.4) is 0 Å². The van der Waals surface area contributed by atoms with Crippen molar-refractivity contribution in [2.24, 2.45) is 0 Å². The summed E-state index contributed by atoms with van der Waals surface area (Å²) in [5, 5.41) is 8.02. The van der Waals surface area contributed by atoms with Gasteiger partial charge in [0.1, 0.15) is 5.01 Å². The number of alkyl halides is 3. The molecule has 0 aliphatic rings. The molecule has 0 aliphatic heterocycles. The Morgan fingerprint density at radius 3 is 2.56 bits per heavy atom. The molecule has 1 aromatic heterocycles. The summed E-state index contributed by atoms with van der Waals surface area (Å²) >= 11 is 1.47. The predicted molar refractivity (Wildman–Crippen MR) is 90.1 cm³/mol. The van der Waals surface area contributed by atoms with Crippen LogP contribution in [0.5, 0.6) is 0 Å². The van der Waals surface area contributed by atoms with Crippen molar-refractivity contribution in [2.75, 3.05) is 6.54 Å². The van der Waals surface area contributed by atoms with E-state index in [-0.39, 0.29) is 18.6 Å². The molecule has 1 atom stereocenters. The fourth-order valence-corrected chi connectivity index (χ4v) is 2.70. The molecule has 0 spiro atoms. The van der Waals surface area contributed by atoms with Gasteiger partial charge in [-0.2, -0.15) is 13.2 Å². The maximum Gasteiger partial charge on any atom is 0.416 e. The summed E-state index contributed by atoms with van der Waals surface area (Å²) in [7, 11) is 0. The van der Waals surface area contributed by atoms with Crippen molar-refractivity contribution >= 4 is 17.4 Å². The first-order chi connectivity index (χ1) is 11.8. The second kappa shape index (κ2) is 8.03. The summed E-state index contributed by atoms with van der Waals surface area (Å²) in [4.78, 5) is 16.1. The van der Waals surface area contributed by atoms with E-state index in [1.807, 2.05) is 19.2 Å². The zero-order valence-corrected chi connectivity index (χ0v) is 14.4. The molecule has 0 saturated heterocycles. The van der Waals surface area contributed by atoms with Crippen LogP contribution in [0.1, 0.15) is 34.8 Å². The number of nitrogens with zero attached hydrogens (tertiary/aromatic N) is 1. The van der Waals surface area contributed by atoms with Crippen LogP contribution in [0.4, 0.5) is 18.0 Å². The average Bonchev–Trinajstić information content (AvgIpc) is 2.98. The number of carbonyl (C=O) groups excluding carboxylic acids is 1. The Morgan fingerprint density at radius 2 is 2.00 bits per heavy atom. The molecule has 1 aromatic carbocycles. The number of thiazole rings is 1. The molecule has 2 aromatic rings. The maximum absolute atomic E-state index is 12.4. The third-order valence-electron chi connectivity index (χ3n) is 3.14. The number of benzene rings is 1. The van der Waals surface area contributed by atoms with Crippen LogP contribution in [0.25, 0.3) is 0 Å². The predicted octanol–water partition coefficient (Wildman–Crippen LogP) is 3.88. The number of hydrogen-bond donors (Lipinski definition) is 2. The van der Waals surface area contributed by atoms with Crippen molar-refractivity contribution in [3.8, 4) is 11.8 Å². The molecule has 25 heavy (non-hydrogen) atoms. The highest BCUT2D eigenvalue weighted by Gasteiger charge is 2.29. The minimum absolute atomic E-state index is 0.0798. The van der Waals surface area contributed by atoms with Crippen LogP contribution in [-0.4, -0.2) is 17.6 Å². The number of urea groups is 1. The Bertz CT molecular complexity index is 788. The van der Waals surface area contributed by atoms with Crippen molar-refractivity contribution in [1.82, 2.24) is 15.6 Å². The lowest BCUT2D eigenvalue weighted by Crippen LogP contribution is -2.37. The average molecular weight is 367 g/mol.